The smallest absolute Gasteiger partial charge is 0.241 e. The van der Waals surface area contributed by atoms with Crippen molar-refractivity contribution in [3.63, 3.8) is 0 Å². The number of hydrogen-bond donors (Lipinski definition) is 2. The summed E-state index contributed by atoms with van der Waals surface area (Å²) in [5.74, 6) is -1.18. The number of nitriles is 1. The Balaban J connectivity index is 1.70. The molecule has 2 N–H and O–H groups in total. The lowest BCUT2D eigenvalue weighted by Gasteiger charge is -2.27. The zero-order valence-corrected chi connectivity index (χ0v) is 17.7. The minimum Gasteiger partial charge on any atom is -0.382 e. The number of hydrogen-bond acceptors (Lipinski definition) is 5. The molecule has 0 aromatic heterocycles. The van der Waals surface area contributed by atoms with Gasteiger partial charge in [0.05, 0.1) is 10.6 Å². The maximum Gasteiger partial charge on any atom is 0.241 e. The SMILES string of the molecule is N#Cc1c(F)cccc1NCCNC(=O)C1(S(=O)(=O)c2ccc(Cl)cc2)CCCC1. The maximum atomic E-state index is 13.7. The first kappa shape index (κ1) is 22.1. The van der Waals surface area contributed by atoms with Gasteiger partial charge in [0.1, 0.15) is 17.4 Å². The summed E-state index contributed by atoms with van der Waals surface area (Å²) in [5.41, 5.74) is 0.206. The molecule has 2 aromatic rings. The highest BCUT2D eigenvalue weighted by atomic mass is 35.5. The second kappa shape index (κ2) is 9.02. The normalized spacial score (nSPS) is 15.4. The Labute approximate surface area is 180 Å². The van der Waals surface area contributed by atoms with E-state index in [4.69, 9.17) is 16.9 Å². The number of sulfone groups is 1. The Kier molecular flexibility index (Phi) is 6.64. The highest BCUT2D eigenvalue weighted by Gasteiger charge is 2.52. The highest BCUT2D eigenvalue weighted by molar-refractivity contribution is 7.93. The summed E-state index contributed by atoms with van der Waals surface area (Å²) in [6.45, 7) is 0.332. The number of benzene rings is 2. The topological polar surface area (TPSA) is 99.1 Å². The number of rotatable bonds is 7. The van der Waals surface area contributed by atoms with Crippen LogP contribution >= 0.6 is 11.6 Å². The van der Waals surface area contributed by atoms with E-state index in [1.54, 1.807) is 12.1 Å². The van der Waals surface area contributed by atoms with Crippen molar-refractivity contribution in [2.75, 3.05) is 18.4 Å². The lowest BCUT2D eigenvalue weighted by atomic mass is 10.1. The van der Waals surface area contributed by atoms with E-state index >= 15 is 0 Å². The molecule has 9 heteroatoms. The third-order valence-corrected chi connectivity index (χ3v) is 8.08. The van der Waals surface area contributed by atoms with Crippen molar-refractivity contribution in [3.8, 4) is 6.07 Å². The third kappa shape index (κ3) is 4.13. The van der Waals surface area contributed by atoms with Gasteiger partial charge in [-0.05, 0) is 49.2 Å². The van der Waals surface area contributed by atoms with Crippen LogP contribution in [0.3, 0.4) is 0 Å². The van der Waals surface area contributed by atoms with E-state index in [9.17, 15) is 17.6 Å². The molecule has 158 valence electrons. The number of carbonyl (C=O) groups is 1. The highest BCUT2D eigenvalue weighted by Crippen LogP contribution is 2.41. The van der Waals surface area contributed by atoms with Crippen molar-refractivity contribution < 1.29 is 17.6 Å². The van der Waals surface area contributed by atoms with Crippen LogP contribution < -0.4 is 10.6 Å². The lowest BCUT2D eigenvalue weighted by Crippen LogP contribution is -2.51. The zero-order chi connectivity index (χ0) is 21.8. The summed E-state index contributed by atoms with van der Waals surface area (Å²) < 4.78 is 38.7. The predicted molar refractivity (Wildman–Crippen MR) is 112 cm³/mol. The number of anilines is 1. The summed E-state index contributed by atoms with van der Waals surface area (Å²) >= 11 is 5.86. The molecule has 1 fully saturated rings. The Hall–Kier alpha value is -2.63. The Morgan fingerprint density at radius 2 is 1.80 bits per heavy atom. The molecule has 6 nitrogen and oxygen atoms in total. The van der Waals surface area contributed by atoms with E-state index in [0.717, 1.165) is 0 Å². The maximum absolute atomic E-state index is 13.7. The molecule has 30 heavy (non-hydrogen) atoms. The summed E-state index contributed by atoms with van der Waals surface area (Å²) in [6, 6.07) is 11.8. The Morgan fingerprint density at radius 1 is 1.13 bits per heavy atom. The van der Waals surface area contributed by atoms with Gasteiger partial charge >= 0.3 is 0 Å². The first-order chi connectivity index (χ1) is 14.3. The fourth-order valence-electron chi connectivity index (χ4n) is 3.72. The minimum absolute atomic E-state index is 0.0699. The van der Waals surface area contributed by atoms with E-state index in [2.05, 4.69) is 10.6 Å². The summed E-state index contributed by atoms with van der Waals surface area (Å²) in [4.78, 5) is 13.1. The molecule has 1 amide bonds. The molecule has 0 aliphatic heterocycles. The average molecular weight is 450 g/mol. The number of nitrogens with one attached hydrogen (secondary N) is 2. The molecule has 0 bridgehead atoms. The fourth-order valence-corrected chi connectivity index (χ4v) is 5.94. The van der Waals surface area contributed by atoms with E-state index in [-0.39, 0.29) is 36.4 Å². The van der Waals surface area contributed by atoms with E-state index in [0.29, 0.717) is 23.6 Å². The van der Waals surface area contributed by atoms with Crippen LogP contribution in [0.5, 0.6) is 0 Å². The van der Waals surface area contributed by atoms with Crippen molar-refractivity contribution >= 4 is 33.0 Å². The molecule has 0 unspecified atom stereocenters. The standard InChI is InChI=1S/C21H21ClFN3O3S/c22-15-6-8-16(9-7-15)30(28,29)21(10-1-2-11-21)20(27)26-13-12-25-19-5-3-4-18(23)17(19)14-24/h3-9,25H,1-2,10-13H2,(H,26,27). The van der Waals surface area contributed by atoms with Crippen molar-refractivity contribution in [1.82, 2.24) is 5.32 Å². The summed E-state index contributed by atoms with van der Waals surface area (Å²) in [5, 5.41) is 15.1. The van der Waals surface area contributed by atoms with Crippen molar-refractivity contribution in [2.45, 2.75) is 35.3 Å². The second-order valence-electron chi connectivity index (χ2n) is 7.12. The van der Waals surface area contributed by atoms with Crippen LogP contribution in [0.1, 0.15) is 31.2 Å². The van der Waals surface area contributed by atoms with E-state index < -0.39 is 26.3 Å². The molecule has 0 spiro atoms. The first-order valence-electron chi connectivity index (χ1n) is 9.53. The van der Waals surface area contributed by atoms with Crippen LogP contribution in [0, 0.1) is 17.1 Å². The zero-order valence-electron chi connectivity index (χ0n) is 16.1. The lowest BCUT2D eigenvalue weighted by molar-refractivity contribution is -0.123. The van der Waals surface area contributed by atoms with Gasteiger partial charge in [-0.25, -0.2) is 12.8 Å². The second-order valence-corrected chi connectivity index (χ2v) is 9.81. The van der Waals surface area contributed by atoms with Gasteiger partial charge in [-0.15, -0.1) is 0 Å². The van der Waals surface area contributed by atoms with Crippen LogP contribution in [-0.2, 0) is 14.6 Å². The molecule has 0 heterocycles. The molecular weight excluding hydrogens is 429 g/mol. The number of carbonyl (C=O) groups excluding carboxylic acids is 1. The van der Waals surface area contributed by atoms with Gasteiger partial charge < -0.3 is 10.6 Å². The van der Waals surface area contributed by atoms with Crippen LogP contribution in [0.25, 0.3) is 0 Å². The largest absolute Gasteiger partial charge is 0.382 e. The number of nitrogens with zero attached hydrogens (tertiary/aromatic N) is 1. The van der Waals surface area contributed by atoms with E-state index in [1.165, 1.54) is 36.4 Å². The monoisotopic (exact) mass is 449 g/mol. The van der Waals surface area contributed by atoms with Crippen molar-refractivity contribution in [3.05, 3.63) is 58.9 Å². The van der Waals surface area contributed by atoms with Crippen LogP contribution in [-0.4, -0.2) is 32.2 Å². The quantitative estimate of drug-likeness (QED) is 0.628. The van der Waals surface area contributed by atoms with Crippen LogP contribution in [0.15, 0.2) is 47.4 Å². The van der Waals surface area contributed by atoms with Gasteiger partial charge in [-0.3, -0.25) is 4.79 Å². The first-order valence-corrected chi connectivity index (χ1v) is 11.4. The number of halogens is 2. The van der Waals surface area contributed by atoms with E-state index in [1.807, 2.05) is 0 Å². The third-order valence-electron chi connectivity index (χ3n) is 5.31. The van der Waals surface area contributed by atoms with Crippen LogP contribution in [0.2, 0.25) is 5.02 Å². The summed E-state index contributed by atoms with van der Waals surface area (Å²) in [7, 11) is -3.91. The fraction of sp³-hybridized carbons (Fsp3) is 0.333. The predicted octanol–water partition coefficient (Wildman–Crippen LogP) is 3.67. The molecule has 3 rings (SSSR count). The molecule has 1 aliphatic carbocycles. The van der Waals surface area contributed by atoms with Gasteiger partial charge in [0.25, 0.3) is 0 Å². The molecule has 0 atom stereocenters. The Bertz CT molecular complexity index is 1080. The molecule has 2 aromatic carbocycles. The Morgan fingerprint density at radius 3 is 2.43 bits per heavy atom. The van der Waals surface area contributed by atoms with Crippen LogP contribution in [0.4, 0.5) is 10.1 Å². The average Bonchev–Trinajstić information content (AvgIpc) is 3.23. The van der Waals surface area contributed by atoms with Crippen molar-refractivity contribution in [1.29, 1.82) is 5.26 Å². The summed E-state index contributed by atoms with van der Waals surface area (Å²) in [6.07, 6.45) is 1.79. The molecule has 1 aliphatic rings. The van der Waals surface area contributed by atoms with Gasteiger partial charge in [-0.1, -0.05) is 30.5 Å². The molecule has 0 radical (unpaired) electrons. The van der Waals surface area contributed by atoms with Gasteiger partial charge in [-0.2, -0.15) is 5.26 Å². The van der Waals surface area contributed by atoms with Gasteiger partial charge in [0.15, 0.2) is 14.6 Å². The molecular formula is C21H21ClFN3O3S. The van der Waals surface area contributed by atoms with Gasteiger partial charge in [0, 0.05) is 18.1 Å². The minimum atomic E-state index is -3.91. The van der Waals surface area contributed by atoms with Gasteiger partial charge in [0.2, 0.25) is 5.91 Å². The van der Waals surface area contributed by atoms with Crippen molar-refractivity contribution in [2.24, 2.45) is 0 Å². The molecule has 0 saturated heterocycles. The number of amides is 1. The molecule has 1 saturated carbocycles.